The second kappa shape index (κ2) is 11.2. The van der Waals surface area contributed by atoms with E-state index in [0.29, 0.717) is 18.3 Å². The Morgan fingerprint density at radius 1 is 1.10 bits per heavy atom. The molecule has 0 saturated heterocycles. The monoisotopic (exact) mass is 423 g/mol. The van der Waals surface area contributed by atoms with Crippen molar-refractivity contribution < 1.29 is 9.53 Å². The van der Waals surface area contributed by atoms with Crippen molar-refractivity contribution in [3.05, 3.63) is 59.7 Å². The van der Waals surface area contributed by atoms with Gasteiger partial charge in [0.2, 0.25) is 0 Å². The summed E-state index contributed by atoms with van der Waals surface area (Å²) in [4.78, 5) is 17.0. The van der Waals surface area contributed by atoms with E-state index in [-0.39, 0.29) is 12.3 Å². The molecule has 1 unspecified atom stereocenters. The van der Waals surface area contributed by atoms with Gasteiger partial charge in [0.05, 0.1) is 0 Å². The van der Waals surface area contributed by atoms with E-state index < -0.39 is 0 Å². The van der Waals surface area contributed by atoms with Crippen molar-refractivity contribution in [2.45, 2.75) is 71.6 Å². The van der Waals surface area contributed by atoms with Crippen molar-refractivity contribution in [3.8, 4) is 5.75 Å². The molecule has 0 spiro atoms. The van der Waals surface area contributed by atoms with Crippen LogP contribution < -0.4 is 15.0 Å². The first-order chi connectivity index (χ1) is 15.0. The van der Waals surface area contributed by atoms with Crippen molar-refractivity contribution in [1.82, 2.24) is 10.2 Å². The van der Waals surface area contributed by atoms with Crippen LogP contribution in [0.25, 0.3) is 0 Å². The number of carbonyl (C=O) groups excluding carboxylic acids is 1. The number of ether oxygens (including phenoxy) is 1. The number of fused-ring (bicyclic) bond motifs is 1. The Morgan fingerprint density at radius 3 is 2.55 bits per heavy atom. The minimum absolute atomic E-state index is 0.177. The van der Waals surface area contributed by atoms with E-state index in [4.69, 9.17) is 4.74 Å². The fourth-order valence-corrected chi connectivity index (χ4v) is 4.30. The molecule has 31 heavy (non-hydrogen) atoms. The minimum Gasteiger partial charge on any atom is -0.410 e. The number of anilines is 1. The largest absolute Gasteiger partial charge is 0.412 e. The quantitative estimate of drug-likeness (QED) is 0.495. The van der Waals surface area contributed by atoms with Gasteiger partial charge in [-0.05, 0) is 49.6 Å². The van der Waals surface area contributed by atoms with Crippen LogP contribution in [0.3, 0.4) is 0 Å². The van der Waals surface area contributed by atoms with E-state index in [9.17, 15) is 4.79 Å². The number of carbonyl (C=O) groups is 1. The highest BCUT2D eigenvalue weighted by atomic mass is 16.6. The Bertz CT molecular complexity index is 838. The normalized spacial score (nSPS) is 16.3. The van der Waals surface area contributed by atoms with Gasteiger partial charge < -0.3 is 15.0 Å². The molecule has 1 aliphatic rings. The standard InChI is InChI=1S/C26H37N3O2/c1-5-6-7-8-12-17-27-26(30)31-23-15-16-24-22(18-23)19-29(20(2)3)25(28(24)4)21-13-10-9-11-14-21/h9-11,13-16,18,20,25H,5-8,12,17,19H2,1-4H3,(H,27,30). The number of rotatable bonds is 9. The lowest BCUT2D eigenvalue weighted by Gasteiger charge is -2.46. The molecule has 0 fully saturated rings. The summed E-state index contributed by atoms with van der Waals surface area (Å²) in [5.74, 6) is 0.595. The van der Waals surface area contributed by atoms with Crippen LogP contribution in [-0.2, 0) is 6.54 Å². The predicted octanol–water partition coefficient (Wildman–Crippen LogP) is 6.10. The van der Waals surface area contributed by atoms with Gasteiger partial charge in [0.15, 0.2) is 0 Å². The molecular weight excluding hydrogens is 386 g/mol. The Kier molecular flexibility index (Phi) is 8.35. The first-order valence-electron chi connectivity index (χ1n) is 11.6. The van der Waals surface area contributed by atoms with Crippen LogP contribution in [0.5, 0.6) is 5.75 Å². The van der Waals surface area contributed by atoms with E-state index in [1.165, 1.54) is 36.1 Å². The molecule has 1 atom stereocenters. The van der Waals surface area contributed by atoms with E-state index in [0.717, 1.165) is 19.4 Å². The van der Waals surface area contributed by atoms with Crippen LogP contribution in [0.15, 0.2) is 48.5 Å². The van der Waals surface area contributed by atoms with Crippen LogP contribution in [0, 0.1) is 0 Å². The van der Waals surface area contributed by atoms with Crippen LogP contribution in [0.1, 0.15) is 70.2 Å². The second-order valence-corrected chi connectivity index (χ2v) is 8.68. The molecule has 0 radical (unpaired) electrons. The molecule has 3 rings (SSSR count). The number of amides is 1. The molecule has 1 heterocycles. The molecule has 2 aromatic carbocycles. The molecule has 0 aliphatic carbocycles. The third-order valence-electron chi connectivity index (χ3n) is 5.99. The highest BCUT2D eigenvalue weighted by molar-refractivity contribution is 5.71. The fraction of sp³-hybridized carbons (Fsp3) is 0.500. The van der Waals surface area contributed by atoms with Crippen molar-refractivity contribution >= 4 is 11.8 Å². The lowest BCUT2D eigenvalue weighted by atomic mass is 10.0. The molecular formula is C26H37N3O2. The maximum Gasteiger partial charge on any atom is 0.412 e. The number of hydrogen-bond donors (Lipinski definition) is 1. The zero-order valence-corrected chi connectivity index (χ0v) is 19.4. The van der Waals surface area contributed by atoms with Crippen LogP contribution >= 0.6 is 0 Å². The minimum atomic E-state index is -0.373. The molecule has 5 nitrogen and oxygen atoms in total. The maximum atomic E-state index is 12.2. The van der Waals surface area contributed by atoms with Crippen molar-refractivity contribution in [1.29, 1.82) is 0 Å². The molecule has 168 valence electrons. The molecule has 0 aromatic heterocycles. The Balaban J connectivity index is 1.66. The summed E-state index contributed by atoms with van der Waals surface area (Å²) < 4.78 is 5.56. The maximum absolute atomic E-state index is 12.2. The molecule has 1 N–H and O–H groups in total. The lowest BCUT2D eigenvalue weighted by Crippen LogP contribution is -2.46. The number of nitrogens with one attached hydrogen (secondary N) is 1. The Hall–Kier alpha value is -2.53. The van der Waals surface area contributed by atoms with Gasteiger partial charge in [0, 0.05) is 31.9 Å². The molecule has 2 aromatic rings. The van der Waals surface area contributed by atoms with E-state index in [1.807, 2.05) is 12.1 Å². The first-order valence-corrected chi connectivity index (χ1v) is 11.6. The number of unbranched alkanes of at least 4 members (excludes halogenated alkanes) is 4. The average Bonchev–Trinajstić information content (AvgIpc) is 2.76. The number of benzene rings is 2. The van der Waals surface area contributed by atoms with E-state index >= 15 is 0 Å². The van der Waals surface area contributed by atoms with Crippen LogP contribution in [-0.4, -0.2) is 30.6 Å². The summed E-state index contributed by atoms with van der Waals surface area (Å²) in [5.41, 5.74) is 3.63. The van der Waals surface area contributed by atoms with Crippen LogP contribution in [0.4, 0.5) is 10.5 Å². The summed E-state index contributed by atoms with van der Waals surface area (Å²) in [7, 11) is 2.14. The summed E-state index contributed by atoms with van der Waals surface area (Å²) in [6.07, 6.45) is 5.65. The topological polar surface area (TPSA) is 44.8 Å². The summed E-state index contributed by atoms with van der Waals surface area (Å²) >= 11 is 0. The first kappa shape index (κ1) is 23.1. The third-order valence-corrected chi connectivity index (χ3v) is 5.99. The van der Waals surface area contributed by atoms with Gasteiger partial charge in [-0.1, -0.05) is 62.9 Å². The molecule has 5 heteroatoms. The summed E-state index contributed by atoms with van der Waals surface area (Å²) in [5, 5.41) is 2.87. The smallest absolute Gasteiger partial charge is 0.410 e. The SMILES string of the molecule is CCCCCCCNC(=O)Oc1ccc2c(c1)CN(C(C)C)C(c1ccccc1)N2C. The van der Waals surface area contributed by atoms with Crippen molar-refractivity contribution in [2.75, 3.05) is 18.5 Å². The number of hydrogen-bond acceptors (Lipinski definition) is 4. The Labute approximate surface area is 187 Å². The molecule has 0 saturated carbocycles. The van der Waals surface area contributed by atoms with Gasteiger partial charge in [-0.15, -0.1) is 0 Å². The summed E-state index contributed by atoms with van der Waals surface area (Å²) in [6, 6.07) is 17.0. The zero-order valence-electron chi connectivity index (χ0n) is 19.4. The Morgan fingerprint density at radius 2 is 1.84 bits per heavy atom. The summed E-state index contributed by atoms with van der Waals surface area (Å²) in [6.45, 7) is 8.13. The predicted molar refractivity (Wildman–Crippen MR) is 127 cm³/mol. The fourth-order valence-electron chi connectivity index (χ4n) is 4.30. The average molecular weight is 424 g/mol. The van der Waals surface area contributed by atoms with Gasteiger partial charge >= 0.3 is 6.09 Å². The van der Waals surface area contributed by atoms with Gasteiger partial charge in [0.25, 0.3) is 0 Å². The number of nitrogens with zero attached hydrogens (tertiary/aromatic N) is 2. The molecule has 0 bridgehead atoms. The second-order valence-electron chi connectivity index (χ2n) is 8.68. The van der Waals surface area contributed by atoms with Gasteiger partial charge in [-0.3, -0.25) is 4.90 Å². The highest BCUT2D eigenvalue weighted by Crippen LogP contribution is 2.40. The third kappa shape index (κ3) is 6.01. The highest BCUT2D eigenvalue weighted by Gasteiger charge is 2.33. The van der Waals surface area contributed by atoms with Gasteiger partial charge in [-0.25, -0.2) is 4.79 Å². The van der Waals surface area contributed by atoms with Crippen molar-refractivity contribution in [2.24, 2.45) is 0 Å². The van der Waals surface area contributed by atoms with Crippen molar-refractivity contribution in [3.63, 3.8) is 0 Å². The molecule has 1 amide bonds. The lowest BCUT2D eigenvalue weighted by molar-refractivity contribution is 0.132. The van der Waals surface area contributed by atoms with Gasteiger partial charge in [0.1, 0.15) is 11.9 Å². The van der Waals surface area contributed by atoms with E-state index in [2.05, 4.69) is 79.3 Å². The molecule has 1 aliphatic heterocycles. The van der Waals surface area contributed by atoms with E-state index in [1.54, 1.807) is 0 Å². The van der Waals surface area contributed by atoms with Gasteiger partial charge in [-0.2, -0.15) is 0 Å². The van der Waals surface area contributed by atoms with Crippen LogP contribution in [0.2, 0.25) is 0 Å². The zero-order chi connectivity index (χ0) is 22.2.